The van der Waals surface area contributed by atoms with Crippen molar-refractivity contribution in [3.05, 3.63) is 40.5 Å². The fraction of sp³-hybridized carbons (Fsp3) is 0.412. The summed E-state index contributed by atoms with van der Waals surface area (Å²) >= 11 is 0. The molecule has 2 amide bonds. The van der Waals surface area contributed by atoms with Gasteiger partial charge >= 0.3 is 0 Å². The van der Waals surface area contributed by atoms with Crippen molar-refractivity contribution >= 4 is 23.2 Å². The van der Waals surface area contributed by atoms with E-state index in [9.17, 15) is 19.7 Å². The van der Waals surface area contributed by atoms with Crippen molar-refractivity contribution in [3.63, 3.8) is 0 Å². The van der Waals surface area contributed by atoms with Gasteiger partial charge in [0.25, 0.3) is 5.69 Å². The van der Waals surface area contributed by atoms with Crippen LogP contribution in [-0.4, -0.2) is 23.8 Å². The summed E-state index contributed by atoms with van der Waals surface area (Å²) in [5.41, 5.74) is -0.264. The molecule has 4 atom stereocenters. The molecular weight excluding hydrogens is 312 g/mol. The lowest BCUT2D eigenvalue weighted by Gasteiger charge is -2.38. The lowest BCUT2D eigenvalue weighted by atomic mass is 9.63. The minimum Gasteiger partial charge on any atom is -0.496 e. The first-order valence-corrected chi connectivity index (χ1v) is 7.91. The zero-order valence-electron chi connectivity index (χ0n) is 13.0. The van der Waals surface area contributed by atoms with Crippen LogP contribution in [0.4, 0.5) is 11.4 Å². The molecule has 1 saturated heterocycles. The van der Waals surface area contributed by atoms with Gasteiger partial charge in [-0.15, -0.1) is 0 Å². The van der Waals surface area contributed by atoms with Crippen molar-refractivity contribution in [2.45, 2.75) is 12.8 Å². The number of ether oxygens (including phenoxy) is 1. The largest absolute Gasteiger partial charge is 0.496 e. The zero-order chi connectivity index (χ0) is 17.0. The van der Waals surface area contributed by atoms with Crippen molar-refractivity contribution in [1.82, 2.24) is 0 Å². The van der Waals surface area contributed by atoms with Crippen molar-refractivity contribution in [2.75, 3.05) is 12.0 Å². The number of carbonyl (C=O) groups excluding carboxylic acids is 2. The highest BCUT2D eigenvalue weighted by molar-refractivity contribution is 6.23. The summed E-state index contributed by atoms with van der Waals surface area (Å²) in [5, 5.41) is 11.4. The van der Waals surface area contributed by atoms with Crippen LogP contribution in [0.3, 0.4) is 0 Å². The van der Waals surface area contributed by atoms with Gasteiger partial charge in [0.2, 0.25) is 11.8 Å². The lowest BCUT2D eigenvalue weighted by molar-refractivity contribution is -0.384. The highest BCUT2D eigenvalue weighted by Gasteiger charge is 2.57. The van der Waals surface area contributed by atoms with Gasteiger partial charge in [-0.25, -0.2) is 4.90 Å². The number of hydrogen-bond acceptors (Lipinski definition) is 5. The predicted molar refractivity (Wildman–Crippen MR) is 84.5 cm³/mol. The number of anilines is 1. The molecule has 1 aliphatic heterocycles. The number of carbonyl (C=O) groups is 2. The summed E-state index contributed by atoms with van der Waals surface area (Å²) in [7, 11) is 1.41. The molecule has 124 valence electrons. The molecule has 2 fully saturated rings. The first kappa shape index (κ1) is 14.9. The Labute approximate surface area is 138 Å². The third kappa shape index (κ3) is 1.90. The summed E-state index contributed by atoms with van der Waals surface area (Å²) in [6.45, 7) is 0. The second-order valence-electron chi connectivity index (χ2n) is 6.47. The van der Waals surface area contributed by atoms with Gasteiger partial charge in [0.15, 0.2) is 0 Å². The molecule has 4 aliphatic rings. The Morgan fingerprint density at radius 1 is 1.12 bits per heavy atom. The van der Waals surface area contributed by atoms with E-state index in [0.717, 1.165) is 17.7 Å². The summed E-state index contributed by atoms with van der Waals surface area (Å²) < 4.78 is 5.01. The minimum atomic E-state index is -0.590. The summed E-state index contributed by atoms with van der Waals surface area (Å²) in [6, 6.07) is 4.18. The smallest absolute Gasteiger partial charge is 0.297 e. The molecule has 3 aliphatic carbocycles. The van der Waals surface area contributed by atoms with E-state index >= 15 is 0 Å². The Morgan fingerprint density at radius 3 is 2.17 bits per heavy atom. The van der Waals surface area contributed by atoms with E-state index in [-0.39, 0.29) is 46.9 Å². The first-order chi connectivity index (χ1) is 11.5. The number of allylic oxidation sites excluding steroid dienone is 2. The number of nitro groups is 1. The highest BCUT2D eigenvalue weighted by Crippen LogP contribution is 2.51. The third-order valence-electron chi connectivity index (χ3n) is 5.38. The fourth-order valence-electron chi connectivity index (χ4n) is 4.28. The summed E-state index contributed by atoms with van der Waals surface area (Å²) in [6.07, 6.45) is 5.82. The number of methoxy groups -OCH3 is 1. The van der Waals surface area contributed by atoms with Gasteiger partial charge in [-0.2, -0.15) is 0 Å². The molecule has 1 aromatic carbocycles. The second kappa shape index (κ2) is 5.15. The molecule has 1 heterocycles. The quantitative estimate of drug-likeness (QED) is 0.367. The first-order valence-electron chi connectivity index (χ1n) is 7.91. The lowest BCUT2D eigenvalue weighted by Crippen LogP contribution is -2.38. The summed E-state index contributed by atoms with van der Waals surface area (Å²) in [4.78, 5) is 37.6. The Kier molecular flexibility index (Phi) is 3.19. The topological polar surface area (TPSA) is 89.8 Å². The molecule has 5 rings (SSSR count). The number of rotatable bonds is 3. The van der Waals surface area contributed by atoms with Crippen LogP contribution in [0.5, 0.6) is 5.75 Å². The van der Waals surface area contributed by atoms with E-state index in [2.05, 4.69) is 0 Å². The summed E-state index contributed by atoms with van der Waals surface area (Å²) in [5.74, 6) is -0.998. The van der Waals surface area contributed by atoms with E-state index in [1.54, 1.807) is 0 Å². The van der Waals surface area contributed by atoms with Crippen LogP contribution in [0.25, 0.3) is 0 Å². The van der Waals surface area contributed by atoms with E-state index in [1.165, 1.54) is 25.3 Å². The maximum absolute atomic E-state index is 12.9. The molecule has 0 unspecified atom stereocenters. The number of benzene rings is 1. The van der Waals surface area contributed by atoms with E-state index < -0.39 is 4.92 Å². The molecular formula is C17H16N2O5. The molecule has 0 spiro atoms. The number of amides is 2. The van der Waals surface area contributed by atoms with Gasteiger partial charge in [0, 0.05) is 0 Å². The average Bonchev–Trinajstić information content (AvgIpc) is 2.88. The second-order valence-corrected chi connectivity index (χ2v) is 6.47. The fourth-order valence-corrected chi connectivity index (χ4v) is 4.28. The Balaban J connectivity index is 1.80. The van der Waals surface area contributed by atoms with Gasteiger partial charge in [-0.3, -0.25) is 19.7 Å². The van der Waals surface area contributed by atoms with E-state index in [4.69, 9.17) is 4.74 Å². The molecule has 7 nitrogen and oxygen atoms in total. The van der Waals surface area contributed by atoms with Crippen LogP contribution in [0.2, 0.25) is 0 Å². The van der Waals surface area contributed by atoms with Gasteiger partial charge in [0.05, 0.1) is 29.9 Å². The van der Waals surface area contributed by atoms with Crippen molar-refractivity contribution in [1.29, 1.82) is 0 Å². The van der Waals surface area contributed by atoms with Crippen LogP contribution in [0.1, 0.15) is 12.8 Å². The number of fused-ring (bicyclic) bond motifs is 1. The standard InChI is InChI=1S/C17H16N2O5/c1-24-11-6-7-12(13(8-11)19(22)23)18-16(20)14-9-2-3-10(5-4-9)15(14)17(18)21/h2-3,6-10,14-15H,4-5H2,1H3/t9-,10-,14+,15+/m0/s1. The van der Waals surface area contributed by atoms with Gasteiger partial charge in [-0.05, 0) is 36.8 Å². The number of nitro benzene ring substituents is 1. The highest BCUT2D eigenvalue weighted by atomic mass is 16.6. The minimum absolute atomic E-state index is 0.0320. The molecule has 2 bridgehead atoms. The number of hydrogen-bond donors (Lipinski definition) is 0. The molecule has 0 aromatic heterocycles. The molecule has 0 radical (unpaired) electrons. The maximum Gasteiger partial charge on any atom is 0.297 e. The number of imide groups is 1. The van der Waals surface area contributed by atoms with Gasteiger partial charge in [-0.1, -0.05) is 12.2 Å². The molecule has 0 N–H and O–H groups in total. The van der Waals surface area contributed by atoms with Crippen molar-refractivity contribution in [3.8, 4) is 5.75 Å². The average molecular weight is 328 g/mol. The predicted octanol–water partition coefficient (Wildman–Crippen LogP) is 2.30. The van der Waals surface area contributed by atoms with Gasteiger partial charge in [0.1, 0.15) is 11.4 Å². The Bertz CT molecular complexity index is 755. The van der Waals surface area contributed by atoms with E-state index in [1.807, 2.05) is 12.2 Å². The monoisotopic (exact) mass is 328 g/mol. The van der Waals surface area contributed by atoms with E-state index in [0.29, 0.717) is 5.75 Å². The van der Waals surface area contributed by atoms with Crippen LogP contribution in [-0.2, 0) is 9.59 Å². The van der Waals surface area contributed by atoms with Crippen LogP contribution in [0.15, 0.2) is 30.4 Å². The normalized spacial score (nSPS) is 30.6. The van der Waals surface area contributed by atoms with Crippen LogP contribution >= 0.6 is 0 Å². The maximum atomic E-state index is 12.9. The molecule has 1 aromatic rings. The number of nitrogens with zero attached hydrogens (tertiary/aromatic N) is 2. The SMILES string of the molecule is COc1ccc(N2C(=O)[C@H]3[C@H](C2=O)[C@H]2C=C[C@H]3CC2)c([N+](=O)[O-])c1. The van der Waals surface area contributed by atoms with Crippen LogP contribution in [0, 0.1) is 33.8 Å². The van der Waals surface area contributed by atoms with Gasteiger partial charge < -0.3 is 4.74 Å². The molecule has 24 heavy (non-hydrogen) atoms. The van der Waals surface area contributed by atoms with Crippen molar-refractivity contribution < 1.29 is 19.2 Å². The molecule has 1 saturated carbocycles. The van der Waals surface area contributed by atoms with Crippen molar-refractivity contribution in [2.24, 2.45) is 23.7 Å². The Hall–Kier alpha value is -2.70. The molecule has 7 heteroatoms. The van der Waals surface area contributed by atoms with Crippen LogP contribution < -0.4 is 9.64 Å². The zero-order valence-corrected chi connectivity index (χ0v) is 13.0. The third-order valence-corrected chi connectivity index (χ3v) is 5.38. The Morgan fingerprint density at radius 2 is 1.71 bits per heavy atom.